The number of carbonyl (C=O) groups is 2. The van der Waals surface area contributed by atoms with Crippen LogP contribution in [0.25, 0.3) is 0 Å². The summed E-state index contributed by atoms with van der Waals surface area (Å²) in [4.78, 5) is 28.4. The number of carbonyl (C=O) groups excluding carboxylic acids is 2. The SMILES string of the molecule is CN(C(=O)C1CC1)c1ccccc1C(=O)N1CCNCC1. The molecule has 1 saturated carbocycles. The third-order valence-electron chi connectivity index (χ3n) is 4.16. The highest BCUT2D eigenvalue weighted by Crippen LogP contribution is 2.33. The lowest BCUT2D eigenvalue weighted by atomic mass is 10.1. The molecule has 0 radical (unpaired) electrons. The van der Waals surface area contributed by atoms with Gasteiger partial charge in [0.1, 0.15) is 0 Å². The molecule has 3 rings (SSSR count). The lowest BCUT2D eigenvalue weighted by Gasteiger charge is -2.29. The zero-order valence-electron chi connectivity index (χ0n) is 12.3. The minimum Gasteiger partial charge on any atom is -0.336 e. The highest BCUT2D eigenvalue weighted by molar-refractivity contribution is 6.05. The largest absolute Gasteiger partial charge is 0.336 e. The lowest BCUT2D eigenvalue weighted by Crippen LogP contribution is -2.46. The first-order valence-electron chi connectivity index (χ1n) is 7.55. The fourth-order valence-corrected chi connectivity index (χ4v) is 2.71. The van der Waals surface area contributed by atoms with E-state index in [9.17, 15) is 9.59 Å². The van der Waals surface area contributed by atoms with Gasteiger partial charge in [0.25, 0.3) is 5.91 Å². The molecule has 1 N–H and O–H groups in total. The second-order valence-electron chi connectivity index (χ2n) is 5.73. The van der Waals surface area contributed by atoms with E-state index in [4.69, 9.17) is 0 Å². The van der Waals surface area contributed by atoms with Gasteiger partial charge in [0.15, 0.2) is 0 Å². The van der Waals surface area contributed by atoms with Gasteiger partial charge in [0, 0.05) is 39.1 Å². The molecule has 2 aliphatic rings. The van der Waals surface area contributed by atoms with Crippen molar-refractivity contribution in [3.8, 4) is 0 Å². The molecule has 21 heavy (non-hydrogen) atoms. The number of benzene rings is 1. The van der Waals surface area contributed by atoms with E-state index in [0.717, 1.165) is 31.6 Å². The normalized spacial score (nSPS) is 18.4. The number of hydrogen-bond donors (Lipinski definition) is 1. The summed E-state index contributed by atoms with van der Waals surface area (Å²) in [6.45, 7) is 3.08. The van der Waals surface area contributed by atoms with Crippen LogP contribution < -0.4 is 10.2 Å². The highest BCUT2D eigenvalue weighted by atomic mass is 16.2. The van der Waals surface area contributed by atoms with E-state index >= 15 is 0 Å². The number of piperazine rings is 1. The molecule has 5 nitrogen and oxygen atoms in total. The summed E-state index contributed by atoms with van der Waals surface area (Å²) in [5.74, 6) is 0.287. The van der Waals surface area contributed by atoms with Gasteiger partial charge in [-0.1, -0.05) is 12.1 Å². The van der Waals surface area contributed by atoms with Crippen LogP contribution in [0.4, 0.5) is 5.69 Å². The number of para-hydroxylation sites is 1. The summed E-state index contributed by atoms with van der Waals surface area (Å²) in [5, 5.41) is 3.24. The maximum Gasteiger partial charge on any atom is 0.256 e. The topological polar surface area (TPSA) is 52.7 Å². The molecule has 0 atom stereocenters. The maximum absolute atomic E-state index is 12.7. The number of rotatable bonds is 3. The third-order valence-corrected chi connectivity index (χ3v) is 4.16. The Balaban J connectivity index is 1.84. The van der Waals surface area contributed by atoms with E-state index in [2.05, 4.69) is 5.32 Å². The Morgan fingerprint density at radius 3 is 2.52 bits per heavy atom. The fraction of sp³-hybridized carbons (Fsp3) is 0.500. The smallest absolute Gasteiger partial charge is 0.256 e. The first-order chi connectivity index (χ1) is 10.2. The van der Waals surface area contributed by atoms with Gasteiger partial charge < -0.3 is 15.1 Å². The zero-order chi connectivity index (χ0) is 14.8. The van der Waals surface area contributed by atoms with Crippen molar-refractivity contribution >= 4 is 17.5 Å². The third kappa shape index (κ3) is 2.93. The molecule has 0 unspecified atom stereocenters. The van der Waals surface area contributed by atoms with E-state index in [1.165, 1.54) is 0 Å². The minimum atomic E-state index is 0.0162. The monoisotopic (exact) mass is 287 g/mol. The molecular weight excluding hydrogens is 266 g/mol. The van der Waals surface area contributed by atoms with E-state index in [0.29, 0.717) is 18.7 Å². The minimum absolute atomic E-state index is 0.0162. The molecule has 2 amide bonds. The molecule has 0 spiro atoms. The van der Waals surface area contributed by atoms with Gasteiger partial charge in [0.05, 0.1) is 11.3 Å². The van der Waals surface area contributed by atoms with Gasteiger partial charge in [-0.05, 0) is 25.0 Å². The lowest BCUT2D eigenvalue weighted by molar-refractivity contribution is -0.119. The van der Waals surface area contributed by atoms with Gasteiger partial charge in [-0.25, -0.2) is 0 Å². The molecule has 112 valence electrons. The average Bonchev–Trinajstić information content (AvgIpc) is 3.38. The Hall–Kier alpha value is -1.88. The van der Waals surface area contributed by atoms with E-state index in [1.54, 1.807) is 11.9 Å². The van der Waals surface area contributed by atoms with Crippen LogP contribution in [0.15, 0.2) is 24.3 Å². The van der Waals surface area contributed by atoms with Crippen molar-refractivity contribution in [1.82, 2.24) is 10.2 Å². The van der Waals surface area contributed by atoms with Crippen LogP contribution in [-0.4, -0.2) is 49.9 Å². The van der Waals surface area contributed by atoms with Crippen molar-refractivity contribution in [3.63, 3.8) is 0 Å². The van der Waals surface area contributed by atoms with Gasteiger partial charge in [-0.2, -0.15) is 0 Å². The number of anilines is 1. The molecule has 1 aliphatic heterocycles. The van der Waals surface area contributed by atoms with Crippen LogP contribution in [0.1, 0.15) is 23.2 Å². The zero-order valence-corrected chi connectivity index (χ0v) is 12.3. The standard InChI is InChI=1S/C16H21N3O2/c1-18(15(20)12-6-7-12)14-5-3-2-4-13(14)16(21)19-10-8-17-9-11-19/h2-5,12,17H,6-11H2,1H3. The Morgan fingerprint density at radius 2 is 1.86 bits per heavy atom. The van der Waals surface area contributed by atoms with Gasteiger partial charge in [0.2, 0.25) is 5.91 Å². The summed E-state index contributed by atoms with van der Waals surface area (Å²) in [7, 11) is 1.77. The molecule has 0 aromatic heterocycles. The van der Waals surface area contributed by atoms with Gasteiger partial charge in [-0.3, -0.25) is 9.59 Å². The van der Waals surface area contributed by atoms with Crippen molar-refractivity contribution in [2.24, 2.45) is 5.92 Å². The predicted molar refractivity (Wildman–Crippen MR) is 81.3 cm³/mol. The number of amides is 2. The molecule has 1 aliphatic carbocycles. The van der Waals surface area contributed by atoms with Crippen LogP contribution >= 0.6 is 0 Å². The van der Waals surface area contributed by atoms with Crippen LogP contribution in [-0.2, 0) is 4.79 Å². The number of hydrogen-bond acceptors (Lipinski definition) is 3. The fourth-order valence-electron chi connectivity index (χ4n) is 2.71. The highest BCUT2D eigenvalue weighted by Gasteiger charge is 2.33. The van der Waals surface area contributed by atoms with Crippen molar-refractivity contribution in [2.75, 3.05) is 38.1 Å². The Morgan fingerprint density at radius 1 is 1.19 bits per heavy atom. The van der Waals surface area contributed by atoms with Crippen LogP contribution in [0.3, 0.4) is 0 Å². The second-order valence-corrected chi connectivity index (χ2v) is 5.73. The number of nitrogens with one attached hydrogen (secondary N) is 1. The quantitative estimate of drug-likeness (QED) is 0.906. The van der Waals surface area contributed by atoms with Crippen molar-refractivity contribution in [2.45, 2.75) is 12.8 Å². The van der Waals surface area contributed by atoms with E-state index in [1.807, 2.05) is 29.2 Å². The van der Waals surface area contributed by atoms with Crippen LogP contribution in [0.2, 0.25) is 0 Å². The van der Waals surface area contributed by atoms with E-state index < -0.39 is 0 Å². The average molecular weight is 287 g/mol. The van der Waals surface area contributed by atoms with Crippen molar-refractivity contribution in [1.29, 1.82) is 0 Å². The number of nitrogens with zero attached hydrogens (tertiary/aromatic N) is 2. The summed E-state index contributed by atoms with van der Waals surface area (Å²) >= 11 is 0. The second kappa shape index (κ2) is 5.85. The maximum atomic E-state index is 12.7. The molecule has 1 saturated heterocycles. The first-order valence-corrected chi connectivity index (χ1v) is 7.55. The summed E-state index contributed by atoms with van der Waals surface area (Å²) in [6, 6.07) is 7.40. The first kappa shape index (κ1) is 14.1. The molecule has 1 heterocycles. The molecule has 0 bridgehead atoms. The van der Waals surface area contributed by atoms with E-state index in [-0.39, 0.29) is 17.7 Å². The van der Waals surface area contributed by atoms with Crippen molar-refractivity contribution < 1.29 is 9.59 Å². The van der Waals surface area contributed by atoms with Gasteiger partial charge in [-0.15, -0.1) is 0 Å². The Labute approximate surface area is 124 Å². The summed E-state index contributed by atoms with van der Waals surface area (Å²) < 4.78 is 0. The summed E-state index contributed by atoms with van der Waals surface area (Å²) in [5.41, 5.74) is 1.34. The van der Waals surface area contributed by atoms with Gasteiger partial charge >= 0.3 is 0 Å². The van der Waals surface area contributed by atoms with Crippen LogP contribution in [0, 0.1) is 5.92 Å². The molecular formula is C16H21N3O2. The molecule has 2 fully saturated rings. The van der Waals surface area contributed by atoms with Crippen LogP contribution in [0.5, 0.6) is 0 Å². The van der Waals surface area contributed by atoms with Crippen molar-refractivity contribution in [3.05, 3.63) is 29.8 Å². The summed E-state index contributed by atoms with van der Waals surface area (Å²) in [6.07, 6.45) is 1.94. The predicted octanol–water partition coefficient (Wildman–Crippen LogP) is 1.10. The molecule has 1 aromatic carbocycles. The Bertz CT molecular complexity index is 548. The Kier molecular flexibility index (Phi) is 3.92. The molecule has 1 aromatic rings. The molecule has 5 heteroatoms.